The molecule has 1 unspecified atom stereocenters. The van der Waals surface area contributed by atoms with Crippen LogP contribution in [0.4, 0.5) is 0 Å². The van der Waals surface area contributed by atoms with Crippen LogP contribution in [-0.2, 0) is 24.2 Å². The van der Waals surface area contributed by atoms with Crippen LogP contribution in [0.5, 0.6) is 0 Å². The lowest BCUT2D eigenvalue weighted by atomic mass is 9.90. The van der Waals surface area contributed by atoms with E-state index < -0.39 is 0 Å². The fourth-order valence-corrected chi connectivity index (χ4v) is 4.35. The van der Waals surface area contributed by atoms with Crippen LogP contribution in [0.15, 0.2) is 85.1 Å². The highest BCUT2D eigenvalue weighted by Crippen LogP contribution is 2.22. The van der Waals surface area contributed by atoms with Gasteiger partial charge in [-0.2, -0.15) is 0 Å². The Bertz CT molecular complexity index is 922. The molecule has 4 heteroatoms. The summed E-state index contributed by atoms with van der Waals surface area (Å²) in [4.78, 5) is 19.9. The van der Waals surface area contributed by atoms with Gasteiger partial charge in [0.25, 0.3) is 0 Å². The maximum Gasteiger partial charge on any atom is 0.240 e. The molecule has 0 spiro atoms. The largest absolute Gasteiger partial charge is 0.341 e. The number of amides is 1. The Morgan fingerprint density at radius 2 is 1.55 bits per heavy atom. The Morgan fingerprint density at radius 3 is 2.19 bits per heavy atom. The van der Waals surface area contributed by atoms with E-state index in [2.05, 4.69) is 57.7 Å². The van der Waals surface area contributed by atoms with Gasteiger partial charge in [0.2, 0.25) is 5.91 Å². The standard InChI is InChI=1S/C27H31N3O/c31-27(30-17-14-24(15-18-30)19-22-9-3-1-4-10-22)26(20-23-11-5-2-6-12-23)29-21-25-13-7-8-16-28-25/h1-13,16,24,26,29H,14-15,17-21H2. The van der Waals surface area contributed by atoms with Gasteiger partial charge in [0, 0.05) is 25.8 Å². The third-order valence-corrected chi connectivity index (χ3v) is 6.13. The van der Waals surface area contributed by atoms with Crippen LogP contribution in [0.2, 0.25) is 0 Å². The van der Waals surface area contributed by atoms with Gasteiger partial charge in [0.05, 0.1) is 11.7 Å². The number of rotatable bonds is 8. The summed E-state index contributed by atoms with van der Waals surface area (Å²) in [6.07, 6.45) is 5.73. The number of likely N-dealkylation sites (tertiary alicyclic amines) is 1. The lowest BCUT2D eigenvalue weighted by Crippen LogP contribution is -2.50. The minimum absolute atomic E-state index is 0.206. The van der Waals surface area contributed by atoms with Crippen molar-refractivity contribution in [3.8, 4) is 0 Å². The molecule has 3 aromatic rings. The molecule has 1 aromatic heterocycles. The predicted octanol–water partition coefficient (Wildman–Crippen LogP) is 4.26. The van der Waals surface area contributed by atoms with Gasteiger partial charge in [0.15, 0.2) is 0 Å². The van der Waals surface area contributed by atoms with E-state index in [1.807, 2.05) is 36.4 Å². The molecule has 1 aliphatic heterocycles. The molecule has 2 heterocycles. The second kappa shape index (κ2) is 10.9. The molecule has 4 rings (SSSR count). The number of carbonyl (C=O) groups is 1. The Hall–Kier alpha value is -2.98. The summed E-state index contributed by atoms with van der Waals surface area (Å²) in [5.41, 5.74) is 3.52. The van der Waals surface area contributed by atoms with Crippen molar-refractivity contribution in [2.75, 3.05) is 13.1 Å². The highest BCUT2D eigenvalue weighted by atomic mass is 16.2. The lowest BCUT2D eigenvalue weighted by molar-refractivity contribution is -0.134. The van der Waals surface area contributed by atoms with E-state index in [9.17, 15) is 4.79 Å². The number of aromatic nitrogens is 1. The van der Waals surface area contributed by atoms with Crippen LogP contribution in [0.3, 0.4) is 0 Å². The molecular weight excluding hydrogens is 382 g/mol. The van der Waals surface area contributed by atoms with Gasteiger partial charge >= 0.3 is 0 Å². The van der Waals surface area contributed by atoms with Crippen molar-refractivity contribution < 1.29 is 4.79 Å². The van der Waals surface area contributed by atoms with Gasteiger partial charge in [-0.15, -0.1) is 0 Å². The molecule has 2 aromatic carbocycles. The molecule has 1 fully saturated rings. The summed E-state index contributed by atoms with van der Waals surface area (Å²) in [6.45, 7) is 2.27. The van der Waals surface area contributed by atoms with E-state index in [-0.39, 0.29) is 11.9 Å². The number of hydrogen-bond donors (Lipinski definition) is 1. The minimum Gasteiger partial charge on any atom is -0.341 e. The van der Waals surface area contributed by atoms with E-state index in [0.717, 1.165) is 38.0 Å². The molecule has 1 saturated heterocycles. The quantitative estimate of drug-likeness (QED) is 0.600. The van der Waals surface area contributed by atoms with Crippen LogP contribution >= 0.6 is 0 Å². The third kappa shape index (κ3) is 6.25. The van der Waals surface area contributed by atoms with Gasteiger partial charge in [0.1, 0.15) is 0 Å². The molecule has 1 N–H and O–H groups in total. The molecule has 160 valence electrons. The molecule has 0 saturated carbocycles. The Labute approximate surface area is 185 Å². The van der Waals surface area contributed by atoms with Crippen molar-refractivity contribution in [1.82, 2.24) is 15.2 Å². The normalized spacial score (nSPS) is 15.5. The Morgan fingerprint density at radius 1 is 0.903 bits per heavy atom. The van der Waals surface area contributed by atoms with E-state index in [4.69, 9.17) is 0 Å². The number of piperidine rings is 1. The average molecular weight is 414 g/mol. The zero-order valence-corrected chi connectivity index (χ0v) is 18.0. The van der Waals surface area contributed by atoms with Crippen molar-refractivity contribution >= 4 is 5.91 Å². The van der Waals surface area contributed by atoms with E-state index >= 15 is 0 Å². The van der Waals surface area contributed by atoms with Gasteiger partial charge in [-0.3, -0.25) is 15.1 Å². The number of carbonyl (C=O) groups excluding carboxylic acids is 1. The van der Waals surface area contributed by atoms with Crippen LogP contribution in [-0.4, -0.2) is 34.9 Å². The first-order valence-electron chi connectivity index (χ1n) is 11.3. The monoisotopic (exact) mass is 413 g/mol. The molecule has 1 amide bonds. The topological polar surface area (TPSA) is 45.2 Å². The molecule has 1 atom stereocenters. The summed E-state index contributed by atoms with van der Waals surface area (Å²) >= 11 is 0. The predicted molar refractivity (Wildman–Crippen MR) is 124 cm³/mol. The first kappa shape index (κ1) is 21.3. The maximum atomic E-state index is 13.4. The number of pyridine rings is 1. The van der Waals surface area contributed by atoms with Gasteiger partial charge in [-0.1, -0.05) is 66.7 Å². The second-order valence-corrected chi connectivity index (χ2v) is 8.40. The number of nitrogens with zero attached hydrogens (tertiary/aromatic N) is 2. The van der Waals surface area contributed by atoms with Crippen molar-refractivity contribution in [1.29, 1.82) is 0 Å². The molecule has 4 nitrogen and oxygen atoms in total. The van der Waals surface area contributed by atoms with E-state index in [1.54, 1.807) is 6.20 Å². The van der Waals surface area contributed by atoms with Crippen molar-refractivity contribution in [2.45, 2.75) is 38.3 Å². The van der Waals surface area contributed by atoms with Crippen LogP contribution < -0.4 is 5.32 Å². The smallest absolute Gasteiger partial charge is 0.240 e. The number of nitrogens with one attached hydrogen (secondary N) is 1. The SMILES string of the molecule is O=C(C(Cc1ccccc1)NCc1ccccn1)N1CCC(Cc2ccccc2)CC1. The van der Waals surface area contributed by atoms with Gasteiger partial charge in [-0.05, 0) is 54.9 Å². The zero-order valence-electron chi connectivity index (χ0n) is 18.0. The molecule has 1 aliphatic rings. The third-order valence-electron chi connectivity index (χ3n) is 6.13. The highest BCUT2D eigenvalue weighted by Gasteiger charge is 2.28. The molecule has 31 heavy (non-hydrogen) atoms. The fourth-order valence-electron chi connectivity index (χ4n) is 4.35. The van der Waals surface area contributed by atoms with Crippen molar-refractivity contribution in [3.63, 3.8) is 0 Å². The average Bonchev–Trinajstić information content (AvgIpc) is 2.84. The number of hydrogen-bond acceptors (Lipinski definition) is 3. The first-order valence-corrected chi connectivity index (χ1v) is 11.3. The van der Waals surface area contributed by atoms with Gasteiger partial charge < -0.3 is 4.90 Å². The van der Waals surface area contributed by atoms with Gasteiger partial charge in [-0.25, -0.2) is 0 Å². The number of benzene rings is 2. The van der Waals surface area contributed by atoms with Crippen molar-refractivity contribution in [3.05, 3.63) is 102 Å². The molecular formula is C27H31N3O. The van der Waals surface area contributed by atoms with Crippen LogP contribution in [0, 0.1) is 5.92 Å². The molecule has 0 aliphatic carbocycles. The summed E-state index contributed by atoms with van der Waals surface area (Å²) in [7, 11) is 0. The Balaban J connectivity index is 1.36. The van der Waals surface area contributed by atoms with Crippen LogP contribution in [0.1, 0.15) is 29.7 Å². The summed E-state index contributed by atoms with van der Waals surface area (Å²) < 4.78 is 0. The fraction of sp³-hybridized carbons (Fsp3) is 0.333. The lowest BCUT2D eigenvalue weighted by Gasteiger charge is -2.34. The maximum absolute atomic E-state index is 13.4. The van der Waals surface area contributed by atoms with Crippen LogP contribution in [0.25, 0.3) is 0 Å². The summed E-state index contributed by atoms with van der Waals surface area (Å²) in [5.74, 6) is 0.860. The minimum atomic E-state index is -0.241. The molecule has 0 radical (unpaired) electrons. The van der Waals surface area contributed by atoms with Crippen molar-refractivity contribution in [2.24, 2.45) is 5.92 Å². The molecule has 0 bridgehead atoms. The van der Waals surface area contributed by atoms with E-state index in [0.29, 0.717) is 18.9 Å². The summed E-state index contributed by atoms with van der Waals surface area (Å²) in [6, 6.07) is 26.6. The van der Waals surface area contributed by atoms with E-state index in [1.165, 1.54) is 11.1 Å². The zero-order chi connectivity index (χ0) is 21.3. The highest BCUT2D eigenvalue weighted by molar-refractivity contribution is 5.82. The summed E-state index contributed by atoms with van der Waals surface area (Å²) in [5, 5.41) is 3.48. The second-order valence-electron chi connectivity index (χ2n) is 8.40. The Kier molecular flexibility index (Phi) is 7.46. The first-order chi connectivity index (χ1) is 15.3.